The topological polar surface area (TPSA) is 81.7 Å². The maximum absolute atomic E-state index is 5.91. The molecular weight excluding hydrogens is 320 g/mol. The summed E-state index contributed by atoms with van der Waals surface area (Å²) in [6.45, 7) is 0. The lowest BCUT2D eigenvalue weighted by Crippen LogP contribution is -2.30. The molecule has 3 N–H and O–H groups in total. The summed E-state index contributed by atoms with van der Waals surface area (Å²) in [4.78, 5) is 1.42. The van der Waals surface area contributed by atoms with Crippen LogP contribution in [0.3, 0.4) is 0 Å². The number of halogens is 2. The molecule has 0 saturated carbocycles. The highest BCUT2D eigenvalue weighted by Gasteiger charge is 2.16. The Morgan fingerprint density at radius 1 is 1.56 bits per heavy atom. The Labute approximate surface area is 118 Å². The first-order chi connectivity index (χ1) is 8.60. The number of aromatic nitrogens is 4. The molecule has 1 unspecified atom stereocenters. The quantitative estimate of drug-likeness (QED) is 0.653. The number of tetrazole rings is 1. The summed E-state index contributed by atoms with van der Waals surface area (Å²) in [5.74, 6) is 6.21. The molecule has 1 aromatic heterocycles. The van der Waals surface area contributed by atoms with Crippen molar-refractivity contribution in [2.45, 2.75) is 12.5 Å². The summed E-state index contributed by atoms with van der Waals surface area (Å²) in [5.41, 5.74) is 3.74. The van der Waals surface area contributed by atoms with Crippen LogP contribution in [-0.2, 0) is 13.5 Å². The fourth-order valence-corrected chi connectivity index (χ4v) is 2.59. The highest BCUT2D eigenvalue weighted by molar-refractivity contribution is 9.10. The first-order valence-corrected chi connectivity index (χ1v) is 6.41. The molecule has 0 saturated heterocycles. The van der Waals surface area contributed by atoms with E-state index in [1.54, 1.807) is 7.05 Å². The summed E-state index contributed by atoms with van der Waals surface area (Å²) in [6.07, 6.45) is 0.546. The Hall–Kier alpha value is -1.02. The Kier molecular flexibility index (Phi) is 4.28. The lowest BCUT2D eigenvalue weighted by molar-refractivity contribution is 0.534. The highest BCUT2D eigenvalue weighted by atomic mass is 79.9. The molecule has 1 atom stereocenters. The Bertz CT molecular complexity index is 543. The molecule has 0 aliphatic rings. The molecule has 0 bridgehead atoms. The normalized spacial score (nSPS) is 12.7. The predicted molar refractivity (Wildman–Crippen MR) is 71.7 cm³/mol. The van der Waals surface area contributed by atoms with E-state index in [9.17, 15) is 0 Å². The zero-order valence-electron chi connectivity index (χ0n) is 9.64. The van der Waals surface area contributed by atoms with Crippen molar-refractivity contribution in [3.63, 3.8) is 0 Å². The molecule has 8 heteroatoms. The molecule has 2 rings (SSSR count). The summed E-state index contributed by atoms with van der Waals surface area (Å²) < 4.78 is 0.891. The van der Waals surface area contributed by atoms with Crippen LogP contribution >= 0.6 is 27.5 Å². The van der Waals surface area contributed by atoms with E-state index in [-0.39, 0.29) is 6.04 Å². The number of hydrogen-bond donors (Lipinski definition) is 2. The van der Waals surface area contributed by atoms with Crippen molar-refractivity contribution in [2.75, 3.05) is 0 Å². The number of hydrogen-bond acceptors (Lipinski definition) is 5. The van der Waals surface area contributed by atoms with Crippen LogP contribution < -0.4 is 11.3 Å². The molecule has 0 aliphatic carbocycles. The van der Waals surface area contributed by atoms with Gasteiger partial charge in [-0.2, -0.15) is 4.80 Å². The van der Waals surface area contributed by atoms with E-state index >= 15 is 0 Å². The lowest BCUT2D eigenvalue weighted by Gasteiger charge is -2.16. The average molecular weight is 332 g/mol. The number of aryl methyl sites for hydroxylation is 1. The van der Waals surface area contributed by atoms with Gasteiger partial charge in [0.05, 0.1) is 13.1 Å². The largest absolute Gasteiger partial charge is 0.271 e. The van der Waals surface area contributed by atoms with Gasteiger partial charge in [0.15, 0.2) is 5.82 Å². The van der Waals surface area contributed by atoms with Crippen LogP contribution in [-0.4, -0.2) is 20.2 Å². The second-order valence-electron chi connectivity index (χ2n) is 3.78. The number of nitrogens with one attached hydrogen (secondary N) is 1. The van der Waals surface area contributed by atoms with E-state index in [0.717, 1.165) is 10.0 Å². The van der Waals surface area contributed by atoms with E-state index in [0.29, 0.717) is 17.3 Å². The van der Waals surface area contributed by atoms with Crippen molar-refractivity contribution in [1.29, 1.82) is 0 Å². The first kappa shape index (κ1) is 13.4. The second kappa shape index (κ2) is 5.75. The minimum absolute atomic E-state index is 0.110. The third-order valence-corrected chi connectivity index (χ3v) is 3.40. The van der Waals surface area contributed by atoms with Crippen LogP contribution in [0, 0.1) is 0 Å². The smallest absolute Gasteiger partial charge is 0.176 e. The molecule has 1 heterocycles. The first-order valence-electron chi connectivity index (χ1n) is 5.24. The summed E-state index contributed by atoms with van der Waals surface area (Å²) >= 11 is 9.37. The van der Waals surface area contributed by atoms with Gasteiger partial charge in [-0.1, -0.05) is 33.6 Å². The van der Waals surface area contributed by atoms with Gasteiger partial charge in [0.2, 0.25) is 0 Å². The van der Waals surface area contributed by atoms with Gasteiger partial charge in [0.25, 0.3) is 0 Å². The lowest BCUT2D eigenvalue weighted by atomic mass is 10.0. The van der Waals surface area contributed by atoms with Crippen molar-refractivity contribution in [3.05, 3.63) is 39.1 Å². The van der Waals surface area contributed by atoms with E-state index in [2.05, 4.69) is 36.8 Å². The standard InChI is InChI=1S/C10H12BrClN6/c1-18-16-10(15-17-18)5-9(14-13)7-3-2-6(12)4-8(7)11/h2-4,9,14H,5,13H2,1H3. The summed E-state index contributed by atoms with van der Waals surface area (Å²) in [7, 11) is 1.72. The maximum atomic E-state index is 5.91. The van der Waals surface area contributed by atoms with E-state index < -0.39 is 0 Å². The molecule has 0 spiro atoms. The minimum Gasteiger partial charge on any atom is -0.271 e. The van der Waals surface area contributed by atoms with E-state index in [1.165, 1.54) is 4.80 Å². The number of rotatable bonds is 4. The molecule has 96 valence electrons. The molecule has 0 radical (unpaired) electrons. The Balaban J connectivity index is 2.22. The fraction of sp³-hybridized carbons (Fsp3) is 0.300. The second-order valence-corrected chi connectivity index (χ2v) is 5.08. The van der Waals surface area contributed by atoms with Gasteiger partial charge < -0.3 is 0 Å². The molecule has 0 aliphatic heterocycles. The monoisotopic (exact) mass is 330 g/mol. The third-order valence-electron chi connectivity index (χ3n) is 2.48. The minimum atomic E-state index is -0.110. The molecule has 6 nitrogen and oxygen atoms in total. The average Bonchev–Trinajstić information content (AvgIpc) is 2.72. The highest BCUT2D eigenvalue weighted by Crippen LogP contribution is 2.27. The predicted octanol–water partition coefficient (Wildman–Crippen LogP) is 1.37. The SMILES string of the molecule is Cn1nnc(CC(NN)c2ccc(Cl)cc2Br)n1. The number of benzene rings is 1. The van der Waals surface area contributed by atoms with Crippen LogP contribution in [0.2, 0.25) is 5.02 Å². The number of nitrogens with zero attached hydrogens (tertiary/aromatic N) is 4. The van der Waals surface area contributed by atoms with Gasteiger partial charge in [-0.15, -0.1) is 10.2 Å². The van der Waals surface area contributed by atoms with Gasteiger partial charge in [-0.25, -0.2) is 0 Å². The fourth-order valence-electron chi connectivity index (χ4n) is 1.63. The van der Waals surface area contributed by atoms with Crippen LogP contribution in [0.5, 0.6) is 0 Å². The van der Waals surface area contributed by atoms with Gasteiger partial charge in [-0.05, 0) is 22.9 Å². The van der Waals surface area contributed by atoms with Crippen LogP contribution in [0.15, 0.2) is 22.7 Å². The zero-order chi connectivity index (χ0) is 13.1. The van der Waals surface area contributed by atoms with Crippen LogP contribution in [0.1, 0.15) is 17.4 Å². The maximum Gasteiger partial charge on any atom is 0.176 e. The van der Waals surface area contributed by atoms with E-state index in [4.69, 9.17) is 17.4 Å². The van der Waals surface area contributed by atoms with Crippen molar-refractivity contribution < 1.29 is 0 Å². The summed E-state index contributed by atoms with van der Waals surface area (Å²) in [5, 5.41) is 12.5. The molecular formula is C10H12BrClN6. The van der Waals surface area contributed by atoms with Crippen molar-refractivity contribution in [3.8, 4) is 0 Å². The Morgan fingerprint density at radius 2 is 2.33 bits per heavy atom. The van der Waals surface area contributed by atoms with Crippen molar-refractivity contribution >= 4 is 27.5 Å². The van der Waals surface area contributed by atoms with Gasteiger partial charge in [-0.3, -0.25) is 11.3 Å². The summed E-state index contributed by atoms with van der Waals surface area (Å²) in [6, 6.07) is 5.44. The molecule has 1 aromatic carbocycles. The third kappa shape index (κ3) is 3.05. The van der Waals surface area contributed by atoms with Gasteiger partial charge in [0.1, 0.15) is 0 Å². The van der Waals surface area contributed by atoms with Crippen LogP contribution in [0.25, 0.3) is 0 Å². The van der Waals surface area contributed by atoms with Crippen molar-refractivity contribution in [1.82, 2.24) is 25.6 Å². The van der Waals surface area contributed by atoms with Crippen LogP contribution in [0.4, 0.5) is 0 Å². The molecule has 0 fully saturated rings. The molecule has 0 amide bonds. The van der Waals surface area contributed by atoms with Gasteiger partial charge >= 0.3 is 0 Å². The number of nitrogens with two attached hydrogens (primary N) is 1. The van der Waals surface area contributed by atoms with Gasteiger partial charge in [0, 0.05) is 15.9 Å². The molecule has 2 aromatic rings. The van der Waals surface area contributed by atoms with Crippen molar-refractivity contribution in [2.24, 2.45) is 12.9 Å². The molecule has 18 heavy (non-hydrogen) atoms. The Morgan fingerprint density at radius 3 is 2.89 bits per heavy atom. The number of hydrazine groups is 1. The van der Waals surface area contributed by atoms with E-state index in [1.807, 2.05) is 18.2 Å². The zero-order valence-corrected chi connectivity index (χ0v) is 12.0.